The third-order valence-electron chi connectivity index (χ3n) is 1.12. The van der Waals surface area contributed by atoms with Gasteiger partial charge in [-0.25, -0.2) is 4.57 Å². The van der Waals surface area contributed by atoms with E-state index in [0.29, 0.717) is 13.0 Å². The van der Waals surface area contributed by atoms with Crippen molar-refractivity contribution in [2.45, 2.75) is 6.42 Å². The normalized spacial score (nSPS) is 15.6. The van der Waals surface area contributed by atoms with Crippen LogP contribution in [0.25, 0.3) is 0 Å². The van der Waals surface area contributed by atoms with Crippen LogP contribution < -0.4 is 5.73 Å². The van der Waals surface area contributed by atoms with E-state index in [1.165, 1.54) is 0 Å². The molecule has 0 aliphatic heterocycles. The molecule has 0 spiro atoms. The molecule has 6 nitrogen and oxygen atoms in total. The van der Waals surface area contributed by atoms with Crippen molar-refractivity contribution in [3.63, 3.8) is 0 Å². The van der Waals surface area contributed by atoms with Crippen LogP contribution in [-0.4, -0.2) is 38.4 Å². The largest absolute Gasteiger partial charge is 0.472 e. The maximum absolute atomic E-state index is 11.0. The molecule has 0 heterocycles. The number of hydrogen-bond acceptors (Lipinski definition) is 5. The maximum atomic E-state index is 11.0. The fourth-order valence-corrected chi connectivity index (χ4v) is 1.36. The molecule has 0 aliphatic carbocycles. The van der Waals surface area contributed by atoms with E-state index >= 15 is 0 Å². The van der Waals surface area contributed by atoms with Crippen molar-refractivity contribution in [2.75, 3.05) is 33.5 Å². The minimum Gasteiger partial charge on any atom is -0.385 e. The molecular weight excluding hydrogens is 197 g/mol. The molecule has 0 rings (SSSR count). The first-order valence-electron chi connectivity index (χ1n) is 3.93. The van der Waals surface area contributed by atoms with Gasteiger partial charge in [0.2, 0.25) is 0 Å². The van der Waals surface area contributed by atoms with Crippen LogP contribution in [0.1, 0.15) is 6.42 Å². The standard InChI is InChI=1S/C6H16NO5P/c1-10-4-2-5-11-13(8,9)12-6-3-7/h2-7H2,1H3,(H,8,9). The van der Waals surface area contributed by atoms with E-state index in [0.717, 1.165) is 0 Å². The first kappa shape index (κ1) is 13.0. The highest BCUT2D eigenvalue weighted by atomic mass is 31.2. The van der Waals surface area contributed by atoms with Crippen LogP contribution >= 0.6 is 7.82 Å². The lowest BCUT2D eigenvalue weighted by molar-refractivity contribution is 0.129. The van der Waals surface area contributed by atoms with E-state index in [1.54, 1.807) is 7.11 Å². The molecule has 0 bridgehead atoms. The molecule has 0 saturated heterocycles. The fourth-order valence-electron chi connectivity index (χ4n) is 0.589. The molecule has 7 heteroatoms. The van der Waals surface area contributed by atoms with Crippen LogP contribution in [0, 0.1) is 0 Å². The summed E-state index contributed by atoms with van der Waals surface area (Å²) in [6.45, 7) is 0.813. The van der Waals surface area contributed by atoms with Gasteiger partial charge < -0.3 is 15.4 Å². The van der Waals surface area contributed by atoms with Gasteiger partial charge in [-0.1, -0.05) is 0 Å². The van der Waals surface area contributed by atoms with Crippen LogP contribution in [0.5, 0.6) is 0 Å². The molecule has 0 amide bonds. The van der Waals surface area contributed by atoms with E-state index in [1.807, 2.05) is 0 Å². The van der Waals surface area contributed by atoms with Crippen LogP contribution in [-0.2, 0) is 18.3 Å². The quantitative estimate of drug-likeness (QED) is 0.439. The van der Waals surface area contributed by atoms with E-state index in [2.05, 4.69) is 9.05 Å². The summed E-state index contributed by atoms with van der Waals surface area (Å²) in [6.07, 6.45) is 0.549. The van der Waals surface area contributed by atoms with Gasteiger partial charge in [0.1, 0.15) is 0 Å². The van der Waals surface area contributed by atoms with Crippen LogP contribution in [0.4, 0.5) is 0 Å². The predicted molar refractivity (Wildman–Crippen MR) is 47.3 cm³/mol. The molecule has 0 saturated carbocycles. The summed E-state index contributed by atoms with van der Waals surface area (Å²) >= 11 is 0. The Morgan fingerprint density at radius 2 is 1.92 bits per heavy atom. The van der Waals surface area contributed by atoms with Crippen LogP contribution in [0.2, 0.25) is 0 Å². The van der Waals surface area contributed by atoms with Crippen molar-refractivity contribution in [2.24, 2.45) is 5.73 Å². The number of methoxy groups -OCH3 is 1. The molecule has 80 valence electrons. The summed E-state index contributed by atoms with van der Waals surface area (Å²) in [6, 6.07) is 0. The first-order chi connectivity index (χ1) is 6.12. The highest BCUT2D eigenvalue weighted by Crippen LogP contribution is 2.42. The topological polar surface area (TPSA) is 91.0 Å². The van der Waals surface area contributed by atoms with Gasteiger partial charge in [0.15, 0.2) is 0 Å². The van der Waals surface area contributed by atoms with Gasteiger partial charge in [-0.05, 0) is 6.42 Å². The van der Waals surface area contributed by atoms with E-state index < -0.39 is 7.82 Å². The lowest BCUT2D eigenvalue weighted by Gasteiger charge is -2.10. The third kappa shape index (κ3) is 8.36. The number of phosphoric acid groups is 1. The zero-order valence-corrected chi connectivity index (χ0v) is 8.53. The van der Waals surface area contributed by atoms with Gasteiger partial charge >= 0.3 is 7.82 Å². The van der Waals surface area contributed by atoms with Gasteiger partial charge in [0, 0.05) is 20.3 Å². The summed E-state index contributed by atoms with van der Waals surface area (Å²) in [5.41, 5.74) is 5.08. The van der Waals surface area contributed by atoms with Gasteiger partial charge in [0.25, 0.3) is 0 Å². The summed E-state index contributed by atoms with van der Waals surface area (Å²) < 4.78 is 24.7. The minimum atomic E-state index is -3.88. The SMILES string of the molecule is COCCCOP(=O)(O)OCCN. The molecule has 0 fully saturated rings. The number of rotatable bonds is 8. The van der Waals surface area contributed by atoms with E-state index in [4.69, 9.17) is 15.4 Å². The molecule has 0 radical (unpaired) electrons. The first-order valence-corrected chi connectivity index (χ1v) is 5.43. The number of hydrogen-bond donors (Lipinski definition) is 2. The lowest BCUT2D eigenvalue weighted by Crippen LogP contribution is -2.08. The smallest absolute Gasteiger partial charge is 0.385 e. The Labute approximate surface area is 77.6 Å². The van der Waals surface area contributed by atoms with Gasteiger partial charge in [-0.3, -0.25) is 9.05 Å². The zero-order chi connectivity index (χ0) is 10.2. The zero-order valence-electron chi connectivity index (χ0n) is 7.64. The van der Waals surface area contributed by atoms with Crippen molar-refractivity contribution in [3.05, 3.63) is 0 Å². The van der Waals surface area contributed by atoms with Crippen molar-refractivity contribution in [1.29, 1.82) is 0 Å². The molecule has 1 unspecified atom stereocenters. The molecule has 0 aromatic heterocycles. The Kier molecular flexibility index (Phi) is 7.45. The Morgan fingerprint density at radius 3 is 2.46 bits per heavy atom. The van der Waals surface area contributed by atoms with E-state index in [-0.39, 0.29) is 19.8 Å². The van der Waals surface area contributed by atoms with Crippen molar-refractivity contribution >= 4 is 7.82 Å². The average molecular weight is 213 g/mol. The van der Waals surface area contributed by atoms with Crippen LogP contribution in [0.3, 0.4) is 0 Å². The summed E-state index contributed by atoms with van der Waals surface area (Å²) in [5.74, 6) is 0. The number of phosphoric ester groups is 1. The average Bonchev–Trinajstić information content (AvgIpc) is 2.09. The van der Waals surface area contributed by atoms with Crippen molar-refractivity contribution < 1.29 is 23.2 Å². The highest BCUT2D eigenvalue weighted by Gasteiger charge is 2.19. The van der Waals surface area contributed by atoms with Crippen molar-refractivity contribution in [1.82, 2.24) is 0 Å². The van der Waals surface area contributed by atoms with E-state index in [9.17, 15) is 4.57 Å². The second kappa shape index (κ2) is 7.44. The Morgan fingerprint density at radius 1 is 1.31 bits per heavy atom. The monoisotopic (exact) mass is 213 g/mol. The minimum absolute atomic E-state index is 0.0120. The number of ether oxygens (including phenoxy) is 1. The Balaban J connectivity index is 3.45. The van der Waals surface area contributed by atoms with Gasteiger partial charge in [0.05, 0.1) is 13.2 Å². The molecule has 3 N–H and O–H groups in total. The lowest BCUT2D eigenvalue weighted by atomic mass is 10.5. The van der Waals surface area contributed by atoms with Gasteiger partial charge in [-0.15, -0.1) is 0 Å². The highest BCUT2D eigenvalue weighted by molar-refractivity contribution is 7.47. The molecular formula is C6H16NO5P. The third-order valence-corrected chi connectivity index (χ3v) is 2.14. The van der Waals surface area contributed by atoms with Crippen LogP contribution in [0.15, 0.2) is 0 Å². The fraction of sp³-hybridized carbons (Fsp3) is 1.00. The number of nitrogens with two attached hydrogens (primary N) is 1. The summed E-state index contributed by atoms with van der Waals surface area (Å²) in [5, 5.41) is 0. The maximum Gasteiger partial charge on any atom is 0.472 e. The predicted octanol–water partition coefficient (Wildman–Crippen LogP) is 0.115. The molecule has 0 aromatic carbocycles. The molecule has 13 heavy (non-hydrogen) atoms. The molecule has 0 aliphatic rings. The second-order valence-corrected chi connectivity index (χ2v) is 3.72. The molecule has 0 aromatic rings. The Bertz CT molecular complexity index is 165. The summed E-state index contributed by atoms with van der Waals surface area (Å²) in [7, 11) is -2.34. The summed E-state index contributed by atoms with van der Waals surface area (Å²) in [4.78, 5) is 8.96. The second-order valence-electron chi connectivity index (χ2n) is 2.27. The Hall–Kier alpha value is 0.0300. The van der Waals surface area contributed by atoms with Gasteiger partial charge in [-0.2, -0.15) is 0 Å². The van der Waals surface area contributed by atoms with Crippen molar-refractivity contribution in [3.8, 4) is 0 Å². The molecule has 1 atom stereocenters.